The molecular weight excluding hydrogens is 194 g/mol. The maximum atomic E-state index is 11.5. The molecule has 0 aromatic heterocycles. The third-order valence-corrected chi connectivity index (χ3v) is 2.91. The third-order valence-electron chi connectivity index (χ3n) is 2.91. The van der Waals surface area contributed by atoms with Crippen molar-refractivity contribution >= 4 is 5.97 Å². The molecule has 0 aromatic carbocycles. The molecule has 1 fully saturated rings. The van der Waals surface area contributed by atoms with Crippen molar-refractivity contribution in [1.82, 2.24) is 0 Å². The Bertz CT molecular complexity index is 208. The van der Waals surface area contributed by atoms with E-state index in [4.69, 9.17) is 10.5 Å². The van der Waals surface area contributed by atoms with Gasteiger partial charge in [-0.05, 0) is 32.6 Å². The summed E-state index contributed by atoms with van der Waals surface area (Å²) in [7, 11) is 0. The van der Waals surface area contributed by atoms with Crippen LogP contribution in [-0.2, 0) is 9.53 Å². The molecule has 0 heterocycles. The van der Waals surface area contributed by atoms with Gasteiger partial charge in [0.05, 0.1) is 0 Å². The summed E-state index contributed by atoms with van der Waals surface area (Å²) >= 11 is 0. The SMILES string of the molecule is CC(O)(CN)C(=O)OC1CCCCCC1. The van der Waals surface area contributed by atoms with Crippen LogP contribution in [0, 0.1) is 0 Å². The molecule has 88 valence electrons. The van der Waals surface area contributed by atoms with Crippen LogP contribution in [0.5, 0.6) is 0 Å². The average Bonchev–Trinajstić information content (AvgIpc) is 2.46. The molecule has 1 atom stereocenters. The van der Waals surface area contributed by atoms with Crippen molar-refractivity contribution in [3.63, 3.8) is 0 Å². The van der Waals surface area contributed by atoms with Crippen molar-refractivity contribution < 1.29 is 14.6 Å². The van der Waals surface area contributed by atoms with E-state index in [1.54, 1.807) is 0 Å². The van der Waals surface area contributed by atoms with Gasteiger partial charge in [0.2, 0.25) is 0 Å². The minimum Gasteiger partial charge on any atom is -0.460 e. The van der Waals surface area contributed by atoms with E-state index < -0.39 is 11.6 Å². The monoisotopic (exact) mass is 215 g/mol. The lowest BCUT2D eigenvalue weighted by molar-refractivity contribution is -0.168. The van der Waals surface area contributed by atoms with E-state index >= 15 is 0 Å². The summed E-state index contributed by atoms with van der Waals surface area (Å²) in [6.45, 7) is 1.30. The summed E-state index contributed by atoms with van der Waals surface area (Å²) in [6.07, 6.45) is 6.41. The van der Waals surface area contributed by atoms with E-state index in [-0.39, 0.29) is 12.6 Å². The minimum absolute atomic E-state index is 0.0296. The van der Waals surface area contributed by atoms with Gasteiger partial charge in [-0.25, -0.2) is 4.79 Å². The molecule has 0 spiro atoms. The predicted molar refractivity (Wildman–Crippen MR) is 57.3 cm³/mol. The largest absolute Gasteiger partial charge is 0.460 e. The second kappa shape index (κ2) is 5.47. The molecular formula is C11H21NO3. The molecule has 4 nitrogen and oxygen atoms in total. The molecule has 1 aliphatic carbocycles. The van der Waals surface area contributed by atoms with Crippen molar-refractivity contribution in [2.75, 3.05) is 6.54 Å². The van der Waals surface area contributed by atoms with E-state index in [1.807, 2.05) is 0 Å². The zero-order valence-corrected chi connectivity index (χ0v) is 9.37. The maximum absolute atomic E-state index is 11.5. The molecule has 0 radical (unpaired) electrons. The van der Waals surface area contributed by atoms with Gasteiger partial charge in [-0.15, -0.1) is 0 Å². The van der Waals surface area contributed by atoms with Crippen molar-refractivity contribution in [2.45, 2.75) is 57.2 Å². The molecule has 0 aromatic rings. The van der Waals surface area contributed by atoms with Gasteiger partial charge in [-0.2, -0.15) is 0 Å². The minimum atomic E-state index is -1.54. The predicted octanol–water partition coefficient (Wildman–Crippen LogP) is 0.962. The van der Waals surface area contributed by atoms with Crippen molar-refractivity contribution in [3.8, 4) is 0 Å². The first kappa shape index (κ1) is 12.5. The first-order valence-corrected chi connectivity index (χ1v) is 5.70. The molecule has 0 saturated heterocycles. The van der Waals surface area contributed by atoms with Crippen LogP contribution < -0.4 is 5.73 Å². The summed E-state index contributed by atoms with van der Waals surface area (Å²) in [5.74, 6) is -0.586. The standard InChI is InChI=1S/C11H21NO3/c1-11(14,8-12)10(13)15-9-6-4-2-3-5-7-9/h9,14H,2-8,12H2,1H3. The summed E-state index contributed by atoms with van der Waals surface area (Å²) in [5.41, 5.74) is 3.76. The zero-order valence-electron chi connectivity index (χ0n) is 9.37. The Morgan fingerprint density at radius 3 is 2.40 bits per heavy atom. The van der Waals surface area contributed by atoms with Crippen LogP contribution in [0.2, 0.25) is 0 Å². The van der Waals surface area contributed by atoms with Crippen molar-refractivity contribution in [3.05, 3.63) is 0 Å². The highest BCUT2D eigenvalue weighted by atomic mass is 16.6. The first-order chi connectivity index (χ1) is 7.06. The molecule has 1 aliphatic rings. The molecule has 15 heavy (non-hydrogen) atoms. The molecule has 1 unspecified atom stereocenters. The summed E-state index contributed by atoms with van der Waals surface area (Å²) < 4.78 is 5.26. The quantitative estimate of drug-likeness (QED) is 0.543. The van der Waals surface area contributed by atoms with Crippen LogP contribution >= 0.6 is 0 Å². The first-order valence-electron chi connectivity index (χ1n) is 5.70. The Morgan fingerprint density at radius 2 is 1.93 bits per heavy atom. The van der Waals surface area contributed by atoms with Gasteiger partial charge in [-0.3, -0.25) is 0 Å². The van der Waals surface area contributed by atoms with E-state index in [1.165, 1.54) is 19.8 Å². The molecule has 1 rings (SSSR count). The van der Waals surface area contributed by atoms with Gasteiger partial charge in [-0.1, -0.05) is 12.8 Å². The Balaban J connectivity index is 2.42. The number of nitrogens with two attached hydrogens (primary N) is 1. The Hall–Kier alpha value is -0.610. The molecule has 1 saturated carbocycles. The van der Waals surface area contributed by atoms with Gasteiger partial charge < -0.3 is 15.6 Å². The van der Waals surface area contributed by atoms with Gasteiger partial charge in [0.15, 0.2) is 5.60 Å². The number of rotatable bonds is 3. The number of carbonyl (C=O) groups is 1. The van der Waals surface area contributed by atoms with Crippen LogP contribution in [0.3, 0.4) is 0 Å². The fourth-order valence-electron chi connectivity index (χ4n) is 1.72. The Kier molecular flexibility index (Phi) is 4.54. The number of hydrogen-bond acceptors (Lipinski definition) is 4. The number of esters is 1. The normalized spacial score (nSPS) is 22.9. The molecule has 0 aliphatic heterocycles. The van der Waals surface area contributed by atoms with Gasteiger partial charge in [0.1, 0.15) is 6.10 Å². The van der Waals surface area contributed by atoms with Gasteiger partial charge in [0, 0.05) is 6.54 Å². The second-order valence-electron chi connectivity index (χ2n) is 4.50. The highest BCUT2D eigenvalue weighted by molar-refractivity contribution is 5.79. The highest BCUT2D eigenvalue weighted by Crippen LogP contribution is 2.21. The zero-order chi connectivity index (χ0) is 11.3. The second-order valence-corrected chi connectivity index (χ2v) is 4.50. The summed E-state index contributed by atoms with van der Waals surface area (Å²) in [6, 6.07) is 0. The van der Waals surface area contributed by atoms with Crippen LogP contribution in [-0.4, -0.2) is 29.3 Å². The molecule has 4 heteroatoms. The van der Waals surface area contributed by atoms with Gasteiger partial charge in [0.25, 0.3) is 0 Å². The Labute approximate surface area is 90.8 Å². The van der Waals surface area contributed by atoms with E-state index in [9.17, 15) is 9.90 Å². The van der Waals surface area contributed by atoms with Crippen molar-refractivity contribution in [2.24, 2.45) is 5.73 Å². The number of hydrogen-bond donors (Lipinski definition) is 2. The summed E-state index contributed by atoms with van der Waals surface area (Å²) in [5, 5.41) is 9.59. The lowest BCUT2D eigenvalue weighted by atomic mass is 10.1. The lowest BCUT2D eigenvalue weighted by Crippen LogP contribution is -2.45. The van der Waals surface area contributed by atoms with Crippen LogP contribution in [0.25, 0.3) is 0 Å². The maximum Gasteiger partial charge on any atom is 0.339 e. The number of carbonyl (C=O) groups excluding carboxylic acids is 1. The molecule has 3 N–H and O–H groups in total. The Morgan fingerprint density at radius 1 is 1.40 bits per heavy atom. The van der Waals surface area contributed by atoms with E-state index in [2.05, 4.69) is 0 Å². The highest BCUT2D eigenvalue weighted by Gasteiger charge is 2.32. The topological polar surface area (TPSA) is 72.5 Å². The lowest BCUT2D eigenvalue weighted by Gasteiger charge is -2.23. The smallest absolute Gasteiger partial charge is 0.339 e. The fraction of sp³-hybridized carbons (Fsp3) is 0.909. The van der Waals surface area contributed by atoms with Crippen molar-refractivity contribution in [1.29, 1.82) is 0 Å². The van der Waals surface area contributed by atoms with Crippen LogP contribution in [0.15, 0.2) is 0 Å². The molecule has 0 bridgehead atoms. The van der Waals surface area contributed by atoms with E-state index in [0.29, 0.717) is 0 Å². The fourth-order valence-corrected chi connectivity index (χ4v) is 1.72. The number of ether oxygens (including phenoxy) is 1. The van der Waals surface area contributed by atoms with Gasteiger partial charge >= 0.3 is 5.97 Å². The third kappa shape index (κ3) is 3.80. The van der Waals surface area contributed by atoms with E-state index in [0.717, 1.165) is 25.7 Å². The van der Waals surface area contributed by atoms with Crippen LogP contribution in [0.1, 0.15) is 45.4 Å². The average molecular weight is 215 g/mol. The number of aliphatic hydroxyl groups is 1. The molecule has 0 amide bonds. The van der Waals surface area contributed by atoms with Crippen LogP contribution in [0.4, 0.5) is 0 Å². The summed E-state index contributed by atoms with van der Waals surface area (Å²) in [4.78, 5) is 11.5.